The zero-order valence-corrected chi connectivity index (χ0v) is 6.62. The first kappa shape index (κ1) is 10.4. The van der Waals surface area contributed by atoms with E-state index in [4.69, 9.17) is 21.9 Å². The van der Waals surface area contributed by atoms with Gasteiger partial charge in [0.15, 0.2) is 0 Å². The summed E-state index contributed by atoms with van der Waals surface area (Å²) >= 11 is 0. The van der Waals surface area contributed by atoms with E-state index in [0.29, 0.717) is 0 Å². The van der Waals surface area contributed by atoms with E-state index in [1.807, 2.05) is 0 Å². The van der Waals surface area contributed by atoms with E-state index in [0.717, 1.165) is 0 Å². The smallest absolute Gasteiger partial charge is 0.341 e. The van der Waals surface area contributed by atoms with Crippen molar-refractivity contribution in [1.29, 1.82) is 1.43 Å². The molecule has 0 rings (SSSR count). The van der Waals surface area contributed by atoms with Gasteiger partial charge >= 0.3 is 5.97 Å². The Bertz CT molecular complexity index is 199. The van der Waals surface area contributed by atoms with Crippen molar-refractivity contribution < 1.29 is 35.4 Å². The minimum absolute atomic E-state index is 0.922. The molecule has 0 saturated carbocycles. The predicted molar refractivity (Wildman–Crippen MR) is 38.8 cm³/mol. The lowest BCUT2D eigenvalue weighted by atomic mass is 9.94. The monoisotopic (exact) mass is 197 g/mol. The molecule has 3 atom stereocenters. The van der Waals surface area contributed by atoms with Crippen LogP contribution in [0.4, 0.5) is 0 Å². The number of aliphatic carboxylic acids is 1. The number of hydrogen-bond acceptors (Lipinski definition) is 6. The first-order chi connectivity index (χ1) is 6.40. The summed E-state index contributed by atoms with van der Waals surface area (Å²) in [4.78, 5) is 10.5. The number of rotatable bonds is 6. The van der Waals surface area contributed by atoms with E-state index in [-0.39, 0.29) is 0 Å². The molecule has 0 spiro atoms. The summed E-state index contributed by atoms with van der Waals surface area (Å²) in [6, 6.07) is 0. The van der Waals surface area contributed by atoms with Crippen LogP contribution in [0.2, 0.25) is 0 Å². The molecule has 0 amide bonds. The van der Waals surface area contributed by atoms with Crippen LogP contribution in [0.25, 0.3) is 0 Å². The normalized spacial score (nSPS) is 21.4. The highest BCUT2D eigenvalue weighted by molar-refractivity contribution is 5.78. The van der Waals surface area contributed by atoms with Gasteiger partial charge in [0.05, 0.1) is 13.2 Å². The Hall–Kier alpha value is -0.730. The van der Waals surface area contributed by atoms with E-state index >= 15 is 0 Å². The molecule has 78 valence electrons. The van der Waals surface area contributed by atoms with Crippen LogP contribution in [0.1, 0.15) is 0 Å². The van der Waals surface area contributed by atoms with Gasteiger partial charge in [0, 0.05) is 0 Å². The Morgan fingerprint density at radius 1 is 1.54 bits per heavy atom. The largest absolute Gasteiger partial charge is 0.479 e. The molecule has 0 aliphatic heterocycles. The van der Waals surface area contributed by atoms with Gasteiger partial charge in [0.1, 0.15) is 12.2 Å². The van der Waals surface area contributed by atoms with Crippen molar-refractivity contribution in [2.75, 3.05) is 13.2 Å². The van der Waals surface area contributed by atoms with E-state index < -0.39 is 37.0 Å². The molecule has 6 N–H and O–H groups in total. The molecule has 0 radical (unpaired) electrons. The lowest BCUT2D eigenvalue weighted by Gasteiger charge is -2.29. The maximum Gasteiger partial charge on any atom is 0.341 e. The van der Waals surface area contributed by atoms with E-state index in [1.165, 1.54) is 0 Å². The van der Waals surface area contributed by atoms with Crippen LogP contribution in [0.5, 0.6) is 0 Å². The van der Waals surface area contributed by atoms with Gasteiger partial charge in [0.25, 0.3) is 0 Å². The molecule has 7 nitrogen and oxygen atoms in total. The Balaban J connectivity index is 4.72. The van der Waals surface area contributed by atoms with Crippen molar-refractivity contribution in [2.45, 2.75) is 17.8 Å². The van der Waals surface area contributed by atoms with Crippen molar-refractivity contribution >= 4 is 5.97 Å². The third-order valence-electron chi connectivity index (χ3n) is 1.63. The second-order valence-electron chi connectivity index (χ2n) is 2.57. The number of carboxylic acids is 1. The lowest BCUT2D eigenvalue weighted by Crippen LogP contribution is -2.58. The fraction of sp³-hybridized carbons (Fsp3) is 0.833. The molecule has 0 aromatic carbocycles. The highest BCUT2D eigenvalue weighted by Gasteiger charge is 2.46. The Morgan fingerprint density at radius 3 is 2.38 bits per heavy atom. The molecular weight excluding hydrogens is 184 g/mol. The van der Waals surface area contributed by atoms with Crippen molar-refractivity contribution in [3.63, 3.8) is 0 Å². The number of aliphatic hydroxyl groups excluding tert-OH is 4. The molecule has 0 aromatic heterocycles. The zero-order valence-electron chi connectivity index (χ0n) is 7.62. The minimum atomic E-state index is -2.82. The van der Waals surface area contributed by atoms with Gasteiger partial charge in [-0.15, -0.1) is 0 Å². The van der Waals surface area contributed by atoms with Crippen LogP contribution >= 0.6 is 0 Å². The van der Waals surface area contributed by atoms with Crippen molar-refractivity contribution in [3.05, 3.63) is 0 Å². The predicted octanol–water partition coefficient (Wildman–Crippen LogP) is -3.49. The van der Waals surface area contributed by atoms with Crippen molar-refractivity contribution in [2.24, 2.45) is 0 Å². The SMILES string of the molecule is [2H]OC[C@](O)(C(=O)O)[C@H](O)[C@H](O)CO. The van der Waals surface area contributed by atoms with E-state index in [1.54, 1.807) is 0 Å². The quantitative estimate of drug-likeness (QED) is 0.260. The maximum atomic E-state index is 10.5. The van der Waals surface area contributed by atoms with Crippen molar-refractivity contribution in [1.82, 2.24) is 0 Å². The van der Waals surface area contributed by atoms with Crippen LogP contribution in [0.15, 0.2) is 0 Å². The zero-order chi connectivity index (χ0) is 11.4. The average molecular weight is 197 g/mol. The fourth-order valence-corrected chi connectivity index (χ4v) is 0.692. The second-order valence-corrected chi connectivity index (χ2v) is 2.57. The summed E-state index contributed by atoms with van der Waals surface area (Å²) < 4.78 is 6.26. The molecule has 13 heavy (non-hydrogen) atoms. The lowest BCUT2D eigenvalue weighted by molar-refractivity contribution is -0.191. The molecule has 0 fully saturated rings. The van der Waals surface area contributed by atoms with Gasteiger partial charge in [-0.25, -0.2) is 4.79 Å². The van der Waals surface area contributed by atoms with E-state index in [2.05, 4.69) is 5.11 Å². The van der Waals surface area contributed by atoms with Crippen LogP contribution < -0.4 is 0 Å². The highest BCUT2D eigenvalue weighted by Crippen LogP contribution is 2.13. The first-order valence-corrected chi connectivity index (χ1v) is 3.41. The first-order valence-electron chi connectivity index (χ1n) is 3.81. The molecule has 0 bridgehead atoms. The summed E-state index contributed by atoms with van der Waals surface area (Å²) in [5.74, 6) is -1.86. The third kappa shape index (κ3) is 2.36. The Labute approximate surface area is 75.0 Å². The number of hydrogen-bond donors (Lipinski definition) is 6. The molecular formula is C6H12O7. The molecule has 7 heteroatoms. The summed E-state index contributed by atoms with van der Waals surface area (Å²) in [6.07, 6.45) is -3.97. The molecule has 0 heterocycles. The summed E-state index contributed by atoms with van der Waals surface area (Å²) in [5.41, 5.74) is -2.82. The van der Waals surface area contributed by atoms with Crippen LogP contribution in [0.3, 0.4) is 0 Å². The average Bonchev–Trinajstić information content (AvgIpc) is 2.15. The fourth-order valence-electron chi connectivity index (χ4n) is 0.692. The second kappa shape index (κ2) is 4.49. The highest BCUT2D eigenvalue weighted by atomic mass is 16.4. The van der Waals surface area contributed by atoms with Gasteiger partial charge in [-0.2, -0.15) is 0 Å². The minimum Gasteiger partial charge on any atom is -0.479 e. The standard InChI is InChI=1S/C6H12O7/c7-1-3(9)4(10)6(13,2-8)5(11)12/h3-4,7-10,13H,1-2H2,(H,11,12)/t3-,4-,6-/m1/s1/i8D. The van der Waals surface area contributed by atoms with Crippen LogP contribution in [-0.2, 0) is 4.79 Å². The summed E-state index contributed by atoms with van der Waals surface area (Å²) in [7, 11) is 0. The number of carbonyl (C=O) groups is 1. The van der Waals surface area contributed by atoms with Gasteiger partial charge < -0.3 is 30.6 Å². The topological polar surface area (TPSA) is 138 Å². The Kier molecular flexibility index (Phi) is 3.58. The van der Waals surface area contributed by atoms with Gasteiger partial charge in [0.2, 0.25) is 7.03 Å². The molecule has 0 aliphatic carbocycles. The molecule has 0 saturated heterocycles. The molecule has 0 aliphatic rings. The van der Waals surface area contributed by atoms with Gasteiger partial charge in [-0.1, -0.05) is 0 Å². The third-order valence-corrected chi connectivity index (χ3v) is 1.63. The summed E-state index contributed by atoms with van der Waals surface area (Å²) in [5, 5.41) is 47.9. The van der Waals surface area contributed by atoms with Crippen molar-refractivity contribution in [3.8, 4) is 0 Å². The number of carboxylic acid groups (broad SMARTS) is 1. The van der Waals surface area contributed by atoms with Crippen LogP contribution in [-0.4, -0.2) is 69.1 Å². The van der Waals surface area contributed by atoms with Gasteiger partial charge in [-0.3, -0.25) is 0 Å². The maximum absolute atomic E-state index is 10.5. The van der Waals surface area contributed by atoms with Crippen LogP contribution in [0, 0.1) is 0 Å². The molecule has 0 aromatic rings. The summed E-state index contributed by atoms with van der Waals surface area (Å²) in [6.45, 7) is -1.95. The van der Waals surface area contributed by atoms with Gasteiger partial charge in [-0.05, 0) is 0 Å². The van der Waals surface area contributed by atoms with E-state index in [9.17, 15) is 9.90 Å². The molecule has 0 unspecified atom stereocenters. The number of aliphatic hydroxyl groups is 5. The Morgan fingerprint density at radius 2 is 2.08 bits per heavy atom.